The van der Waals surface area contributed by atoms with Gasteiger partial charge in [0.15, 0.2) is 0 Å². The summed E-state index contributed by atoms with van der Waals surface area (Å²) in [4.78, 5) is 11.4. The lowest BCUT2D eigenvalue weighted by Crippen LogP contribution is -2.23. The molecule has 0 aliphatic heterocycles. The number of ether oxygens (including phenoxy) is 1. The Hall–Kier alpha value is -1.05. The van der Waals surface area contributed by atoms with Crippen molar-refractivity contribution < 1.29 is 9.53 Å². The van der Waals surface area contributed by atoms with Crippen molar-refractivity contribution in [1.29, 1.82) is 0 Å². The maximum atomic E-state index is 11.4. The number of hydrogen-bond acceptors (Lipinski definition) is 2. The standard InChI is InChI=1S/C11H14O2/c12-11(9-5-4-6-9)13-10-7-2-1-3-8-10/h2,7-9H,1,3-6H2. The Morgan fingerprint density at radius 2 is 2.23 bits per heavy atom. The van der Waals surface area contributed by atoms with Crippen LogP contribution < -0.4 is 0 Å². The van der Waals surface area contributed by atoms with Crippen LogP contribution in [0.25, 0.3) is 0 Å². The lowest BCUT2D eigenvalue weighted by atomic mass is 9.86. The molecule has 70 valence electrons. The summed E-state index contributed by atoms with van der Waals surface area (Å²) in [6, 6.07) is 0. The van der Waals surface area contributed by atoms with Crippen molar-refractivity contribution in [3.8, 4) is 0 Å². The van der Waals surface area contributed by atoms with E-state index in [0.717, 1.165) is 31.4 Å². The first-order valence-electron chi connectivity index (χ1n) is 4.94. The zero-order valence-corrected chi connectivity index (χ0v) is 7.66. The maximum absolute atomic E-state index is 11.4. The van der Waals surface area contributed by atoms with Gasteiger partial charge in [-0.25, -0.2) is 0 Å². The molecule has 0 saturated heterocycles. The highest BCUT2D eigenvalue weighted by molar-refractivity contribution is 5.74. The molecule has 0 heterocycles. The fraction of sp³-hybridized carbons (Fsp3) is 0.545. The van der Waals surface area contributed by atoms with E-state index in [1.165, 1.54) is 6.42 Å². The minimum atomic E-state index is -0.0379. The molecule has 0 amide bonds. The first-order valence-corrected chi connectivity index (χ1v) is 4.94. The monoisotopic (exact) mass is 178 g/mol. The van der Waals surface area contributed by atoms with Crippen LogP contribution in [-0.4, -0.2) is 5.97 Å². The number of hydrogen-bond donors (Lipinski definition) is 0. The topological polar surface area (TPSA) is 26.3 Å². The second-order valence-electron chi connectivity index (χ2n) is 3.64. The van der Waals surface area contributed by atoms with Gasteiger partial charge in [-0.05, 0) is 37.8 Å². The van der Waals surface area contributed by atoms with E-state index in [0.29, 0.717) is 0 Å². The molecule has 2 aliphatic carbocycles. The van der Waals surface area contributed by atoms with E-state index in [9.17, 15) is 4.79 Å². The fourth-order valence-electron chi connectivity index (χ4n) is 1.51. The van der Waals surface area contributed by atoms with Crippen LogP contribution in [0.15, 0.2) is 24.0 Å². The Kier molecular flexibility index (Phi) is 2.48. The van der Waals surface area contributed by atoms with Gasteiger partial charge in [0.05, 0.1) is 5.92 Å². The molecule has 0 aromatic rings. The van der Waals surface area contributed by atoms with Crippen molar-refractivity contribution in [2.45, 2.75) is 32.1 Å². The molecule has 2 heteroatoms. The molecule has 1 saturated carbocycles. The normalized spacial score (nSPS) is 22.0. The predicted molar refractivity (Wildman–Crippen MR) is 49.9 cm³/mol. The summed E-state index contributed by atoms with van der Waals surface area (Å²) in [6.45, 7) is 0. The van der Waals surface area contributed by atoms with Crippen LogP contribution in [0.3, 0.4) is 0 Å². The molecule has 0 atom stereocenters. The summed E-state index contributed by atoms with van der Waals surface area (Å²) in [5.41, 5.74) is 0. The molecule has 0 spiro atoms. The van der Waals surface area contributed by atoms with Gasteiger partial charge in [-0.15, -0.1) is 0 Å². The van der Waals surface area contributed by atoms with Gasteiger partial charge in [-0.1, -0.05) is 12.5 Å². The Labute approximate surface area is 78.3 Å². The second kappa shape index (κ2) is 3.77. The maximum Gasteiger partial charge on any atom is 0.314 e. The molecule has 0 radical (unpaired) electrons. The Balaban J connectivity index is 1.85. The van der Waals surface area contributed by atoms with Crippen molar-refractivity contribution in [3.05, 3.63) is 24.0 Å². The zero-order valence-electron chi connectivity index (χ0n) is 7.66. The van der Waals surface area contributed by atoms with Crippen molar-refractivity contribution >= 4 is 5.97 Å². The number of carbonyl (C=O) groups is 1. The summed E-state index contributed by atoms with van der Waals surface area (Å²) in [5, 5.41) is 0. The van der Waals surface area contributed by atoms with E-state index >= 15 is 0 Å². The van der Waals surface area contributed by atoms with Gasteiger partial charge in [-0.2, -0.15) is 0 Å². The molecule has 2 rings (SSSR count). The van der Waals surface area contributed by atoms with Crippen LogP contribution >= 0.6 is 0 Å². The predicted octanol–water partition coefficient (Wildman–Crippen LogP) is 2.56. The Morgan fingerprint density at radius 3 is 2.77 bits per heavy atom. The average Bonchev–Trinajstić information content (AvgIpc) is 2.02. The molecule has 2 aliphatic rings. The summed E-state index contributed by atoms with van der Waals surface area (Å²) in [5.74, 6) is 0.878. The summed E-state index contributed by atoms with van der Waals surface area (Å²) in [6.07, 6.45) is 11.2. The van der Waals surface area contributed by atoms with Crippen LogP contribution in [0.2, 0.25) is 0 Å². The Bertz CT molecular complexity index is 259. The van der Waals surface area contributed by atoms with E-state index in [1.54, 1.807) is 0 Å². The molecule has 13 heavy (non-hydrogen) atoms. The average molecular weight is 178 g/mol. The van der Waals surface area contributed by atoms with Gasteiger partial charge in [0.2, 0.25) is 0 Å². The highest BCUT2D eigenvalue weighted by Gasteiger charge is 2.27. The quantitative estimate of drug-likeness (QED) is 0.607. The van der Waals surface area contributed by atoms with Gasteiger partial charge < -0.3 is 4.74 Å². The molecule has 0 aromatic carbocycles. The van der Waals surface area contributed by atoms with Crippen LogP contribution in [0.5, 0.6) is 0 Å². The first kappa shape index (κ1) is 8.54. The molecule has 2 nitrogen and oxygen atoms in total. The molecule has 0 unspecified atom stereocenters. The number of allylic oxidation sites excluding steroid dienone is 3. The lowest BCUT2D eigenvalue weighted by molar-refractivity contribution is -0.146. The Morgan fingerprint density at radius 1 is 1.38 bits per heavy atom. The van der Waals surface area contributed by atoms with Crippen LogP contribution in [-0.2, 0) is 9.53 Å². The molecular formula is C11H14O2. The second-order valence-corrected chi connectivity index (χ2v) is 3.64. The highest BCUT2D eigenvalue weighted by Crippen LogP contribution is 2.28. The van der Waals surface area contributed by atoms with Gasteiger partial charge in [0.1, 0.15) is 5.76 Å². The van der Waals surface area contributed by atoms with E-state index < -0.39 is 0 Å². The van der Waals surface area contributed by atoms with Gasteiger partial charge in [-0.3, -0.25) is 4.79 Å². The zero-order chi connectivity index (χ0) is 9.10. The largest absolute Gasteiger partial charge is 0.427 e. The number of carbonyl (C=O) groups excluding carboxylic acids is 1. The third kappa shape index (κ3) is 2.00. The number of esters is 1. The van der Waals surface area contributed by atoms with Crippen molar-refractivity contribution in [2.75, 3.05) is 0 Å². The molecule has 0 aromatic heterocycles. The minimum absolute atomic E-state index is 0.0379. The van der Waals surface area contributed by atoms with E-state index in [2.05, 4.69) is 0 Å². The SMILES string of the molecule is O=C(OC1=CCCC=C1)C1CCC1. The van der Waals surface area contributed by atoms with E-state index in [1.807, 2.05) is 18.2 Å². The molecular weight excluding hydrogens is 164 g/mol. The third-order valence-corrected chi connectivity index (χ3v) is 2.62. The van der Waals surface area contributed by atoms with Crippen LogP contribution in [0.4, 0.5) is 0 Å². The van der Waals surface area contributed by atoms with Gasteiger partial charge in [0.25, 0.3) is 0 Å². The van der Waals surface area contributed by atoms with Gasteiger partial charge in [0, 0.05) is 0 Å². The summed E-state index contributed by atoms with van der Waals surface area (Å²) < 4.78 is 5.23. The third-order valence-electron chi connectivity index (χ3n) is 2.62. The number of rotatable bonds is 2. The van der Waals surface area contributed by atoms with Gasteiger partial charge >= 0.3 is 5.97 Å². The van der Waals surface area contributed by atoms with E-state index in [4.69, 9.17) is 4.74 Å². The van der Waals surface area contributed by atoms with Crippen molar-refractivity contribution in [3.63, 3.8) is 0 Å². The smallest absolute Gasteiger partial charge is 0.314 e. The van der Waals surface area contributed by atoms with Crippen molar-refractivity contribution in [2.24, 2.45) is 5.92 Å². The van der Waals surface area contributed by atoms with Crippen LogP contribution in [0, 0.1) is 5.92 Å². The first-order chi connectivity index (χ1) is 6.36. The molecule has 0 bridgehead atoms. The van der Waals surface area contributed by atoms with Crippen molar-refractivity contribution in [1.82, 2.24) is 0 Å². The molecule has 1 fully saturated rings. The molecule has 0 N–H and O–H groups in total. The van der Waals surface area contributed by atoms with Crippen LogP contribution in [0.1, 0.15) is 32.1 Å². The highest BCUT2D eigenvalue weighted by atomic mass is 16.5. The lowest BCUT2D eigenvalue weighted by Gasteiger charge is -2.23. The summed E-state index contributed by atoms with van der Waals surface area (Å²) >= 11 is 0. The van der Waals surface area contributed by atoms with E-state index in [-0.39, 0.29) is 11.9 Å². The fourth-order valence-corrected chi connectivity index (χ4v) is 1.51. The summed E-state index contributed by atoms with van der Waals surface area (Å²) in [7, 11) is 0. The minimum Gasteiger partial charge on any atom is -0.427 e.